The van der Waals surface area contributed by atoms with Gasteiger partial charge in [0.2, 0.25) is 5.91 Å². The first-order valence-electron chi connectivity index (χ1n) is 11.3. The first-order valence-corrected chi connectivity index (χ1v) is 12.7. The van der Waals surface area contributed by atoms with Gasteiger partial charge in [-0.2, -0.15) is 0 Å². The Balaban J connectivity index is 1.30. The van der Waals surface area contributed by atoms with Crippen molar-refractivity contribution in [2.45, 2.75) is 24.7 Å². The van der Waals surface area contributed by atoms with Crippen LogP contribution in [0.4, 0.5) is 15.8 Å². The second-order valence-corrected chi connectivity index (χ2v) is 10.2. The quantitative estimate of drug-likeness (QED) is 0.529. The Morgan fingerprint density at radius 2 is 1.43 bits per heavy atom. The molecule has 2 amide bonds. The van der Waals surface area contributed by atoms with Crippen LogP contribution in [0.5, 0.6) is 0 Å². The number of halogens is 1. The second kappa shape index (κ2) is 10.3. The lowest BCUT2D eigenvalue weighted by Crippen LogP contribution is -2.41. The number of nitrogens with one attached hydrogen (secondary N) is 2. The number of amides is 2. The number of hydrogen-bond donors (Lipinski definition) is 2. The fourth-order valence-electron chi connectivity index (χ4n) is 3.92. The molecule has 0 spiro atoms. The molecule has 0 atom stereocenters. The maximum absolute atomic E-state index is 13.1. The smallest absolute Gasteiger partial charge is 0.261 e. The van der Waals surface area contributed by atoms with Crippen molar-refractivity contribution in [2.24, 2.45) is 5.92 Å². The predicted molar refractivity (Wildman–Crippen MR) is 132 cm³/mol. The third-order valence-corrected chi connectivity index (χ3v) is 7.38. The minimum atomic E-state index is -3.71. The highest BCUT2D eigenvalue weighted by molar-refractivity contribution is 7.92. The first kappa shape index (κ1) is 24.4. The number of carbonyl (C=O) groups is 2. The van der Waals surface area contributed by atoms with E-state index in [4.69, 9.17) is 0 Å². The highest BCUT2D eigenvalue weighted by atomic mass is 32.2. The number of piperidine rings is 1. The van der Waals surface area contributed by atoms with Gasteiger partial charge in [0.15, 0.2) is 0 Å². The fourth-order valence-corrected chi connectivity index (χ4v) is 4.98. The molecule has 0 radical (unpaired) electrons. The molecule has 0 aromatic heterocycles. The van der Waals surface area contributed by atoms with Gasteiger partial charge in [0.25, 0.3) is 15.9 Å². The number of sulfonamides is 1. The summed E-state index contributed by atoms with van der Waals surface area (Å²) in [4.78, 5) is 27.1. The monoisotopic (exact) mass is 495 g/mol. The summed E-state index contributed by atoms with van der Waals surface area (Å²) >= 11 is 0. The molecular formula is C26H26FN3O4S. The number of rotatable bonds is 6. The predicted octanol–water partition coefficient (Wildman–Crippen LogP) is 4.43. The van der Waals surface area contributed by atoms with E-state index in [1.807, 2.05) is 6.92 Å². The van der Waals surface area contributed by atoms with Crippen molar-refractivity contribution in [3.05, 3.63) is 89.7 Å². The molecule has 0 bridgehead atoms. The summed E-state index contributed by atoms with van der Waals surface area (Å²) in [5.41, 5.74) is 2.33. The molecule has 182 valence electrons. The minimum absolute atomic E-state index is 0.146. The molecular weight excluding hydrogens is 469 g/mol. The van der Waals surface area contributed by atoms with Gasteiger partial charge in [-0.05, 0) is 80.4 Å². The molecule has 0 aliphatic carbocycles. The van der Waals surface area contributed by atoms with Crippen LogP contribution in [0.15, 0.2) is 77.7 Å². The summed E-state index contributed by atoms with van der Waals surface area (Å²) in [7, 11) is -3.71. The zero-order chi connectivity index (χ0) is 25.0. The molecule has 9 heteroatoms. The number of nitrogens with zero attached hydrogens (tertiary/aromatic N) is 1. The zero-order valence-corrected chi connectivity index (χ0v) is 20.0. The molecule has 1 saturated heterocycles. The number of benzene rings is 3. The van der Waals surface area contributed by atoms with Crippen LogP contribution >= 0.6 is 0 Å². The van der Waals surface area contributed by atoms with E-state index in [1.54, 1.807) is 53.4 Å². The van der Waals surface area contributed by atoms with Crippen LogP contribution in [-0.2, 0) is 14.8 Å². The summed E-state index contributed by atoms with van der Waals surface area (Å²) in [6.45, 7) is 2.76. The largest absolute Gasteiger partial charge is 0.339 e. The zero-order valence-electron chi connectivity index (χ0n) is 19.2. The van der Waals surface area contributed by atoms with Gasteiger partial charge < -0.3 is 10.2 Å². The third-order valence-electron chi connectivity index (χ3n) is 5.98. The molecule has 3 aromatic rings. The van der Waals surface area contributed by atoms with E-state index in [9.17, 15) is 22.4 Å². The standard InChI is InChI=1S/C26H26FN3O4S/c1-18-2-12-24(13-3-18)35(33,34)29-23-10-8-22(9-11-23)28-25(31)19-14-16-30(17-15-19)26(32)20-4-6-21(27)7-5-20/h2-13,19,29H,14-17H2,1H3,(H,28,31). The van der Waals surface area contributed by atoms with E-state index in [1.165, 1.54) is 24.3 Å². The molecule has 35 heavy (non-hydrogen) atoms. The third kappa shape index (κ3) is 6.05. The lowest BCUT2D eigenvalue weighted by Gasteiger charge is -2.31. The Bertz CT molecular complexity index is 1300. The number of carbonyl (C=O) groups excluding carboxylic acids is 2. The molecule has 1 aliphatic heterocycles. The molecule has 7 nitrogen and oxygen atoms in total. The van der Waals surface area contributed by atoms with Crippen molar-refractivity contribution in [2.75, 3.05) is 23.1 Å². The van der Waals surface area contributed by atoms with E-state index in [2.05, 4.69) is 10.0 Å². The maximum atomic E-state index is 13.1. The number of aryl methyl sites for hydroxylation is 1. The maximum Gasteiger partial charge on any atom is 0.261 e. The minimum Gasteiger partial charge on any atom is -0.339 e. The van der Waals surface area contributed by atoms with Gasteiger partial charge in [-0.1, -0.05) is 17.7 Å². The summed E-state index contributed by atoms with van der Waals surface area (Å²) < 4.78 is 40.7. The van der Waals surface area contributed by atoms with Crippen molar-refractivity contribution in [3.8, 4) is 0 Å². The van der Waals surface area contributed by atoms with E-state index in [0.717, 1.165) is 5.56 Å². The highest BCUT2D eigenvalue weighted by Crippen LogP contribution is 2.23. The Labute approximate surface area is 204 Å². The molecule has 0 unspecified atom stereocenters. The lowest BCUT2D eigenvalue weighted by atomic mass is 9.95. The first-order chi connectivity index (χ1) is 16.7. The summed E-state index contributed by atoms with van der Waals surface area (Å²) in [6, 6.07) is 18.4. The Morgan fingerprint density at radius 1 is 0.857 bits per heavy atom. The van der Waals surface area contributed by atoms with Gasteiger partial charge in [0.05, 0.1) is 4.90 Å². The van der Waals surface area contributed by atoms with Crippen molar-refractivity contribution < 1.29 is 22.4 Å². The van der Waals surface area contributed by atoms with Crippen LogP contribution in [-0.4, -0.2) is 38.2 Å². The van der Waals surface area contributed by atoms with Gasteiger partial charge in [-0.25, -0.2) is 12.8 Å². The SMILES string of the molecule is Cc1ccc(S(=O)(=O)Nc2ccc(NC(=O)C3CCN(C(=O)c4ccc(F)cc4)CC3)cc2)cc1. The molecule has 1 aliphatic rings. The van der Waals surface area contributed by atoms with Crippen molar-refractivity contribution in [1.29, 1.82) is 0 Å². The van der Waals surface area contributed by atoms with Gasteiger partial charge in [-0.15, -0.1) is 0 Å². The van der Waals surface area contributed by atoms with E-state index < -0.39 is 15.8 Å². The summed E-state index contributed by atoms with van der Waals surface area (Å²) in [5.74, 6) is -0.958. The van der Waals surface area contributed by atoms with Crippen molar-refractivity contribution >= 4 is 33.2 Å². The lowest BCUT2D eigenvalue weighted by molar-refractivity contribution is -0.121. The highest BCUT2D eigenvalue weighted by Gasteiger charge is 2.28. The summed E-state index contributed by atoms with van der Waals surface area (Å²) in [6.07, 6.45) is 1.04. The summed E-state index contributed by atoms with van der Waals surface area (Å²) in [5, 5.41) is 2.86. The van der Waals surface area contributed by atoms with Crippen LogP contribution < -0.4 is 10.0 Å². The van der Waals surface area contributed by atoms with Gasteiger partial charge in [0.1, 0.15) is 5.82 Å². The average molecular weight is 496 g/mol. The van der Waals surface area contributed by atoms with Crippen LogP contribution in [0, 0.1) is 18.7 Å². The second-order valence-electron chi connectivity index (χ2n) is 8.56. The Hall–Kier alpha value is -3.72. The van der Waals surface area contributed by atoms with E-state index >= 15 is 0 Å². The molecule has 4 rings (SSSR count). The molecule has 1 fully saturated rings. The normalized spacial score (nSPS) is 14.4. The van der Waals surface area contributed by atoms with Crippen LogP contribution in [0.3, 0.4) is 0 Å². The van der Waals surface area contributed by atoms with E-state index in [-0.39, 0.29) is 22.6 Å². The van der Waals surface area contributed by atoms with Crippen LogP contribution in [0.1, 0.15) is 28.8 Å². The fraction of sp³-hybridized carbons (Fsp3) is 0.231. The average Bonchev–Trinajstić information content (AvgIpc) is 2.85. The van der Waals surface area contributed by atoms with Gasteiger partial charge in [0, 0.05) is 35.9 Å². The van der Waals surface area contributed by atoms with Crippen molar-refractivity contribution in [1.82, 2.24) is 4.90 Å². The number of anilines is 2. The molecule has 1 heterocycles. The van der Waals surface area contributed by atoms with E-state index in [0.29, 0.717) is 42.9 Å². The van der Waals surface area contributed by atoms with Crippen LogP contribution in [0.2, 0.25) is 0 Å². The Kier molecular flexibility index (Phi) is 7.16. The molecule has 2 N–H and O–H groups in total. The number of hydrogen-bond acceptors (Lipinski definition) is 4. The van der Waals surface area contributed by atoms with Crippen LogP contribution in [0.25, 0.3) is 0 Å². The topological polar surface area (TPSA) is 95.6 Å². The Morgan fingerprint density at radius 3 is 2.03 bits per heavy atom. The van der Waals surface area contributed by atoms with Gasteiger partial charge >= 0.3 is 0 Å². The van der Waals surface area contributed by atoms with Crippen molar-refractivity contribution in [3.63, 3.8) is 0 Å². The molecule has 3 aromatic carbocycles. The molecule has 0 saturated carbocycles. The van der Waals surface area contributed by atoms with Gasteiger partial charge in [-0.3, -0.25) is 14.3 Å². The number of likely N-dealkylation sites (tertiary alicyclic amines) is 1.